The number of para-hydroxylation sites is 1. The Bertz CT molecular complexity index is 872. The molecular weight excluding hydrogens is 286 g/mol. The second-order valence-corrected chi connectivity index (χ2v) is 6.26. The maximum absolute atomic E-state index is 10.1. The first-order chi connectivity index (χ1) is 11.2. The van der Waals surface area contributed by atoms with Crippen molar-refractivity contribution in [1.29, 1.82) is 0 Å². The minimum atomic E-state index is 0.202. The molecule has 0 amide bonds. The smallest absolute Gasteiger partial charge is 0.165 e. The number of phenols is 1. The molecule has 2 aromatic carbocycles. The molecule has 1 aliphatic carbocycles. The van der Waals surface area contributed by atoms with Crippen LogP contribution in [0.3, 0.4) is 0 Å². The molecule has 1 heterocycles. The van der Waals surface area contributed by atoms with Crippen LogP contribution in [0, 0.1) is 12.8 Å². The molecule has 0 atom stereocenters. The highest BCUT2D eigenvalue weighted by Crippen LogP contribution is 2.32. The Morgan fingerprint density at radius 1 is 1.13 bits per heavy atom. The van der Waals surface area contributed by atoms with Crippen LogP contribution in [0.4, 0.5) is 5.82 Å². The zero-order valence-electron chi connectivity index (χ0n) is 13.1. The maximum atomic E-state index is 10.1. The molecule has 23 heavy (non-hydrogen) atoms. The predicted octanol–water partition coefficient (Wildman–Crippen LogP) is 4.13. The van der Waals surface area contributed by atoms with Crippen molar-refractivity contribution in [2.75, 3.05) is 11.9 Å². The standard InChI is InChI=1S/C19H19N3O/c1-12-6-9-14-16(10-12)21-19(15-4-2-3-5-17(15)23)22-18(14)20-11-13-7-8-13/h2-6,9-10,13,23H,7-8,11H2,1H3,(H,20,21,22). The number of aromatic nitrogens is 2. The molecule has 116 valence electrons. The van der Waals surface area contributed by atoms with Crippen LogP contribution in [0.2, 0.25) is 0 Å². The number of fused-ring (bicyclic) bond motifs is 1. The number of benzene rings is 2. The average molecular weight is 305 g/mol. The number of rotatable bonds is 4. The second-order valence-electron chi connectivity index (χ2n) is 6.26. The van der Waals surface area contributed by atoms with Gasteiger partial charge in [0.1, 0.15) is 11.6 Å². The van der Waals surface area contributed by atoms with Gasteiger partial charge in [-0.1, -0.05) is 18.2 Å². The largest absolute Gasteiger partial charge is 0.507 e. The van der Waals surface area contributed by atoms with E-state index in [1.807, 2.05) is 12.1 Å². The SMILES string of the molecule is Cc1ccc2c(NCC3CC3)nc(-c3ccccc3O)nc2c1. The highest BCUT2D eigenvalue weighted by Gasteiger charge is 2.21. The lowest BCUT2D eigenvalue weighted by Crippen LogP contribution is -2.07. The molecule has 1 fully saturated rings. The summed E-state index contributed by atoms with van der Waals surface area (Å²) in [6.07, 6.45) is 2.59. The fraction of sp³-hybridized carbons (Fsp3) is 0.263. The van der Waals surface area contributed by atoms with Crippen LogP contribution in [0.1, 0.15) is 18.4 Å². The molecule has 3 aromatic rings. The second kappa shape index (κ2) is 5.54. The Morgan fingerprint density at radius 2 is 1.96 bits per heavy atom. The van der Waals surface area contributed by atoms with Crippen LogP contribution < -0.4 is 5.32 Å². The summed E-state index contributed by atoms with van der Waals surface area (Å²) in [4.78, 5) is 9.34. The molecule has 1 aromatic heterocycles. The molecule has 0 unspecified atom stereocenters. The van der Waals surface area contributed by atoms with Gasteiger partial charge in [0.05, 0.1) is 11.1 Å². The lowest BCUT2D eigenvalue weighted by Gasteiger charge is -2.12. The Morgan fingerprint density at radius 3 is 2.74 bits per heavy atom. The number of hydrogen-bond donors (Lipinski definition) is 2. The van der Waals surface area contributed by atoms with Crippen molar-refractivity contribution in [3.8, 4) is 17.1 Å². The van der Waals surface area contributed by atoms with Gasteiger partial charge in [0, 0.05) is 11.9 Å². The summed E-state index contributed by atoms with van der Waals surface area (Å²) >= 11 is 0. The maximum Gasteiger partial charge on any atom is 0.165 e. The fourth-order valence-corrected chi connectivity index (χ4v) is 2.72. The highest BCUT2D eigenvalue weighted by atomic mass is 16.3. The summed E-state index contributed by atoms with van der Waals surface area (Å²) in [5.74, 6) is 2.37. The van der Waals surface area contributed by atoms with E-state index >= 15 is 0 Å². The Hall–Kier alpha value is -2.62. The van der Waals surface area contributed by atoms with Crippen LogP contribution in [0.15, 0.2) is 42.5 Å². The molecule has 4 nitrogen and oxygen atoms in total. The molecule has 4 rings (SSSR count). The highest BCUT2D eigenvalue weighted by molar-refractivity contribution is 5.91. The van der Waals surface area contributed by atoms with Crippen LogP contribution in [-0.2, 0) is 0 Å². The van der Waals surface area contributed by atoms with E-state index in [0.29, 0.717) is 11.4 Å². The van der Waals surface area contributed by atoms with Crippen molar-refractivity contribution < 1.29 is 5.11 Å². The van der Waals surface area contributed by atoms with Gasteiger partial charge in [-0.2, -0.15) is 0 Å². The quantitative estimate of drug-likeness (QED) is 0.761. The minimum Gasteiger partial charge on any atom is -0.507 e. The van der Waals surface area contributed by atoms with Crippen molar-refractivity contribution >= 4 is 16.7 Å². The average Bonchev–Trinajstić information content (AvgIpc) is 3.36. The van der Waals surface area contributed by atoms with Crippen molar-refractivity contribution in [2.24, 2.45) is 5.92 Å². The molecule has 1 aliphatic rings. The van der Waals surface area contributed by atoms with Gasteiger partial charge in [0.2, 0.25) is 0 Å². The van der Waals surface area contributed by atoms with E-state index in [1.165, 1.54) is 12.8 Å². The van der Waals surface area contributed by atoms with E-state index in [0.717, 1.165) is 34.7 Å². The topological polar surface area (TPSA) is 58.0 Å². The van der Waals surface area contributed by atoms with E-state index in [4.69, 9.17) is 0 Å². The number of anilines is 1. The van der Waals surface area contributed by atoms with Crippen molar-refractivity contribution in [2.45, 2.75) is 19.8 Å². The van der Waals surface area contributed by atoms with Crippen LogP contribution in [-0.4, -0.2) is 21.6 Å². The summed E-state index contributed by atoms with van der Waals surface area (Å²) in [7, 11) is 0. The number of phenolic OH excluding ortho intramolecular Hbond substituents is 1. The molecule has 2 N–H and O–H groups in total. The lowest BCUT2D eigenvalue weighted by molar-refractivity contribution is 0.477. The van der Waals surface area contributed by atoms with Gasteiger partial charge in [0.25, 0.3) is 0 Å². The van der Waals surface area contributed by atoms with Crippen LogP contribution in [0.5, 0.6) is 5.75 Å². The number of hydrogen-bond acceptors (Lipinski definition) is 4. The monoisotopic (exact) mass is 305 g/mol. The summed E-state index contributed by atoms with van der Waals surface area (Å²) in [6, 6.07) is 13.4. The fourth-order valence-electron chi connectivity index (χ4n) is 2.72. The zero-order valence-corrected chi connectivity index (χ0v) is 13.1. The summed E-state index contributed by atoms with van der Waals surface area (Å²) < 4.78 is 0. The first-order valence-electron chi connectivity index (χ1n) is 8.01. The molecule has 4 heteroatoms. The molecule has 0 aliphatic heterocycles. The summed E-state index contributed by atoms with van der Waals surface area (Å²) in [5.41, 5.74) is 2.72. The van der Waals surface area contributed by atoms with E-state index in [1.54, 1.807) is 12.1 Å². The molecule has 0 saturated heterocycles. The molecule has 0 radical (unpaired) electrons. The zero-order chi connectivity index (χ0) is 15.8. The predicted molar refractivity (Wildman–Crippen MR) is 92.6 cm³/mol. The van der Waals surface area contributed by atoms with Crippen molar-refractivity contribution in [3.63, 3.8) is 0 Å². The van der Waals surface area contributed by atoms with Gasteiger partial charge in [-0.3, -0.25) is 0 Å². The third kappa shape index (κ3) is 2.84. The van der Waals surface area contributed by atoms with Gasteiger partial charge >= 0.3 is 0 Å². The first-order valence-corrected chi connectivity index (χ1v) is 8.01. The van der Waals surface area contributed by atoms with E-state index in [9.17, 15) is 5.11 Å². The Kier molecular flexibility index (Phi) is 3.37. The summed E-state index contributed by atoms with van der Waals surface area (Å²) in [6.45, 7) is 3.00. The molecule has 1 saturated carbocycles. The minimum absolute atomic E-state index is 0.202. The summed E-state index contributed by atoms with van der Waals surface area (Å²) in [5, 5.41) is 14.6. The van der Waals surface area contributed by atoms with E-state index in [-0.39, 0.29) is 5.75 Å². The van der Waals surface area contributed by atoms with E-state index < -0.39 is 0 Å². The Balaban J connectivity index is 1.85. The van der Waals surface area contributed by atoms with Crippen molar-refractivity contribution in [3.05, 3.63) is 48.0 Å². The van der Waals surface area contributed by atoms with Crippen LogP contribution >= 0.6 is 0 Å². The lowest BCUT2D eigenvalue weighted by atomic mass is 10.1. The molecular formula is C19H19N3O. The molecule has 0 bridgehead atoms. The van der Waals surface area contributed by atoms with Gasteiger partial charge < -0.3 is 10.4 Å². The van der Waals surface area contributed by atoms with Gasteiger partial charge in [-0.05, 0) is 55.5 Å². The van der Waals surface area contributed by atoms with E-state index in [2.05, 4.69) is 40.4 Å². The third-order valence-electron chi connectivity index (χ3n) is 4.25. The first kappa shape index (κ1) is 14.0. The number of nitrogens with zero attached hydrogens (tertiary/aromatic N) is 2. The molecule has 0 spiro atoms. The number of nitrogens with one attached hydrogen (secondary N) is 1. The Labute approximate surface area is 135 Å². The number of aromatic hydroxyl groups is 1. The van der Waals surface area contributed by atoms with Gasteiger partial charge in [-0.25, -0.2) is 9.97 Å². The van der Waals surface area contributed by atoms with Crippen molar-refractivity contribution in [1.82, 2.24) is 9.97 Å². The third-order valence-corrected chi connectivity index (χ3v) is 4.25. The van der Waals surface area contributed by atoms with Crippen LogP contribution in [0.25, 0.3) is 22.3 Å². The number of aryl methyl sites for hydroxylation is 1. The normalized spacial score (nSPS) is 14.1. The van der Waals surface area contributed by atoms with Gasteiger partial charge in [-0.15, -0.1) is 0 Å². The van der Waals surface area contributed by atoms with Gasteiger partial charge in [0.15, 0.2) is 5.82 Å².